The van der Waals surface area contributed by atoms with Crippen LogP contribution in [0.4, 0.5) is 5.82 Å². The first-order chi connectivity index (χ1) is 10.4. The van der Waals surface area contributed by atoms with Crippen molar-refractivity contribution >= 4 is 11.6 Å². The van der Waals surface area contributed by atoms with Gasteiger partial charge in [-0.15, -0.1) is 0 Å². The number of hydrogen-bond acceptors (Lipinski definition) is 6. The van der Waals surface area contributed by atoms with E-state index in [-0.39, 0.29) is 0 Å². The van der Waals surface area contributed by atoms with Gasteiger partial charge in [0.1, 0.15) is 12.1 Å². The fourth-order valence-corrected chi connectivity index (χ4v) is 2.35. The van der Waals surface area contributed by atoms with Gasteiger partial charge in [0.15, 0.2) is 0 Å². The van der Waals surface area contributed by atoms with Crippen LogP contribution in [-0.4, -0.2) is 46.5 Å². The van der Waals surface area contributed by atoms with Crippen molar-refractivity contribution in [3.05, 3.63) is 29.7 Å². The highest BCUT2D eigenvalue weighted by Gasteiger charge is 2.08. The average Bonchev–Trinajstić information content (AvgIpc) is 2.97. The maximum atomic E-state index is 5.31. The lowest BCUT2D eigenvalue weighted by Gasteiger charge is -2.14. The van der Waals surface area contributed by atoms with Crippen LogP contribution in [-0.2, 0) is 16.1 Å². The Bertz CT molecular complexity index is 637. The van der Waals surface area contributed by atoms with Gasteiger partial charge >= 0.3 is 0 Å². The number of fused-ring (bicyclic) bond motifs is 1. The third kappa shape index (κ3) is 3.37. The molecule has 0 atom stereocenters. The van der Waals surface area contributed by atoms with Gasteiger partial charge in [-0.1, -0.05) is 11.6 Å². The summed E-state index contributed by atoms with van der Waals surface area (Å²) < 4.78 is 12.2. The minimum Gasteiger partial charge on any atom is -0.378 e. The average molecular weight is 289 g/mol. The van der Waals surface area contributed by atoms with Gasteiger partial charge in [0.05, 0.1) is 25.5 Å². The standard InChI is InChI=1S/C14H19N5O2/c1-20-9-12-8-13(19-14(18-12)16-10-17-19)15-5-2-11-3-6-21-7-4-11/h3,8,10,15H,2,4-7,9H2,1H3. The summed E-state index contributed by atoms with van der Waals surface area (Å²) in [5, 5.41) is 7.59. The molecule has 2 aromatic heterocycles. The zero-order valence-electron chi connectivity index (χ0n) is 12.1. The minimum absolute atomic E-state index is 0.459. The monoisotopic (exact) mass is 289 g/mol. The predicted octanol–water partition coefficient (Wildman–Crippen LogP) is 1.42. The fourth-order valence-electron chi connectivity index (χ4n) is 2.35. The Labute approximate surface area is 123 Å². The van der Waals surface area contributed by atoms with E-state index in [1.807, 2.05) is 6.07 Å². The molecular formula is C14H19N5O2. The Balaban J connectivity index is 1.70. The Morgan fingerprint density at radius 3 is 3.24 bits per heavy atom. The van der Waals surface area contributed by atoms with E-state index >= 15 is 0 Å². The van der Waals surface area contributed by atoms with E-state index in [2.05, 4.69) is 26.5 Å². The van der Waals surface area contributed by atoms with Gasteiger partial charge in [0, 0.05) is 19.7 Å². The van der Waals surface area contributed by atoms with E-state index in [1.165, 1.54) is 11.9 Å². The van der Waals surface area contributed by atoms with E-state index in [1.54, 1.807) is 11.6 Å². The van der Waals surface area contributed by atoms with E-state index < -0.39 is 0 Å². The zero-order chi connectivity index (χ0) is 14.5. The summed E-state index contributed by atoms with van der Waals surface area (Å²) in [6, 6.07) is 1.95. The SMILES string of the molecule is COCc1cc(NCCC2=CCOCC2)n2ncnc2n1. The zero-order valence-corrected chi connectivity index (χ0v) is 12.1. The molecule has 1 N–H and O–H groups in total. The van der Waals surface area contributed by atoms with Crippen LogP contribution in [0.3, 0.4) is 0 Å². The van der Waals surface area contributed by atoms with Crippen LogP contribution in [0.1, 0.15) is 18.5 Å². The number of ether oxygens (including phenoxy) is 2. The van der Waals surface area contributed by atoms with Gasteiger partial charge in [-0.2, -0.15) is 14.6 Å². The number of nitrogens with zero attached hydrogens (tertiary/aromatic N) is 4. The van der Waals surface area contributed by atoms with Crippen LogP contribution >= 0.6 is 0 Å². The van der Waals surface area contributed by atoms with Gasteiger partial charge in [0.25, 0.3) is 5.78 Å². The van der Waals surface area contributed by atoms with E-state index in [9.17, 15) is 0 Å². The molecule has 0 aliphatic carbocycles. The molecule has 3 rings (SSSR count). The maximum Gasteiger partial charge on any atom is 0.254 e. The van der Waals surface area contributed by atoms with Crippen molar-refractivity contribution in [2.75, 3.05) is 32.2 Å². The molecule has 2 aromatic rings. The highest BCUT2D eigenvalue weighted by Crippen LogP contribution is 2.14. The number of aromatic nitrogens is 4. The molecule has 0 unspecified atom stereocenters. The highest BCUT2D eigenvalue weighted by atomic mass is 16.5. The Hall–Kier alpha value is -1.99. The summed E-state index contributed by atoms with van der Waals surface area (Å²) in [5.74, 6) is 1.47. The topological polar surface area (TPSA) is 73.6 Å². The molecule has 0 aromatic carbocycles. The Morgan fingerprint density at radius 1 is 1.48 bits per heavy atom. The third-order valence-electron chi connectivity index (χ3n) is 3.41. The summed E-state index contributed by atoms with van der Waals surface area (Å²) in [4.78, 5) is 8.52. The molecule has 0 saturated heterocycles. The van der Waals surface area contributed by atoms with Crippen LogP contribution in [0.15, 0.2) is 24.0 Å². The summed E-state index contributed by atoms with van der Waals surface area (Å²) in [7, 11) is 1.65. The molecule has 0 radical (unpaired) electrons. The lowest BCUT2D eigenvalue weighted by molar-refractivity contribution is 0.153. The van der Waals surface area contributed by atoms with Crippen molar-refractivity contribution < 1.29 is 9.47 Å². The summed E-state index contributed by atoms with van der Waals surface area (Å²) in [6.07, 6.45) is 5.69. The molecule has 0 bridgehead atoms. The minimum atomic E-state index is 0.459. The number of anilines is 1. The first-order valence-electron chi connectivity index (χ1n) is 7.05. The number of nitrogens with one attached hydrogen (secondary N) is 1. The first kappa shape index (κ1) is 14.0. The van der Waals surface area contributed by atoms with Gasteiger partial charge < -0.3 is 14.8 Å². The lowest BCUT2D eigenvalue weighted by Crippen LogP contribution is -2.12. The number of methoxy groups -OCH3 is 1. The second-order valence-corrected chi connectivity index (χ2v) is 4.90. The van der Waals surface area contributed by atoms with E-state index in [0.717, 1.165) is 44.1 Å². The second-order valence-electron chi connectivity index (χ2n) is 4.90. The normalized spacial score (nSPS) is 15.2. The molecule has 0 amide bonds. The second kappa shape index (κ2) is 6.64. The summed E-state index contributed by atoms with van der Waals surface area (Å²) in [6.45, 7) is 2.86. The van der Waals surface area contributed by atoms with Crippen LogP contribution in [0.2, 0.25) is 0 Å². The summed E-state index contributed by atoms with van der Waals surface area (Å²) >= 11 is 0. The van der Waals surface area contributed by atoms with Gasteiger partial charge in [-0.25, -0.2) is 4.98 Å². The van der Waals surface area contributed by atoms with Crippen LogP contribution < -0.4 is 5.32 Å². The molecule has 0 fully saturated rings. The lowest BCUT2D eigenvalue weighted by atomic mass is 10.1. The molecule has 0 saturated carbocycles. The van der Waals surface area contributed by atoms with Gasteiger partial charge in [-0.05, 0) is 12.8 Å². The van der Waals surface area contributed by atoms with Crippen molar-refractivity contribution in [2.45, 2.75) is 19.4 Å². The Morgan fingerprint density at radius 2 is 2.43 bits per heavy atom. The molecule has 112 valence electrons. The molecule has 3 heterocycles. The highest BCUT2D eigenvalue weighted by molar-refractivity contribution is 5.44. The van der Waals surface area contributed by atoms with Crippen LogP contribution in [0.5, 0.6) is 0 Å². The maximum absolute atomic E-state index is 5.31. The van der Waals surface area contributed by atoms with Crippen molar-refractivity contribution in [2.24, 2.45) is 0 Å². The number of rotatable bonds is 6. The molecule has 0 spiro atoms. The van der Waals surface area contributed by atoms with Crippen molar-refractivity contribution in [3.63, 3.8) is 0 Å². The Kier molecular flexibility index (Phi) is 4.42. The molecule has 7 heteroatoms. The molecule has 1 aliphatic rings. The fraction of sp³-hybridized carbons (Fsp3) is 0.500. The number of hydrogen-bond donors (Lipinski definition) is 1. The molecule has 7 nitrogen and oxygen atoms in total. The third-order valence-corrected chi connectivity index (χ3v) is 3.41. The smallest absolute Gasteiger partial charge is 0.254 e. The van der Waals surface area contributed by atoms with Crippen molar-refractivity contribution in [3.8, 4) is 0 Å². The molecule has 1 aliphatic heterocycles. The molecular weight excluding hydrogens is 270 g/mol. The van der Waals surface area contributed by atoms with Gasteiger partial charge in [0.2, 0.25) is 0 Å². The van der Waals surface area contributed by atoms with Crippen molar-refractivity contribution in [1.82, 2.24) is 19.6 Å². The van der Waals surface area contributed by atoms with E-state index in [0.29, 0.717) is 12.4 Å². The van der Waals surface area contributed by atoms with Gasteiger partial charge in [-0.3, -0.25) is 0 Å². The molecule has 21 heavy (non-hydrogen) atoms. The quantitative estimate of drug-likeness (QED) is 0.811. The largest absolute Gasteiger partial charge is 0.378 e. The van der Waals surface area contributed by atoms with E-state index in [4.69, 9.17) is 9.47 Å². The summed E-state index contributed by atoms with van der Waals surface area (Å²) in [5.41, 5.74) is 2.28. The van der Waals surface area contributed by atoms with Crippen LogP contribution in [0, 0.1) is 0 Å². The predicted molar refractivity (Wildman–Crippen MR) is 78.1 cm³/mol. The van der Waals surface area contributed by atoms with Crippen molar-refractivity contribution in [1.29, 1.82) is 0 Å². The first-order valence-corrected chi connectivity index (χ1v) is 7.05. The van der Waals surface area contributed by atoms with Crippen LogP contribution in [0.25, 0.3) is 5.78 Å².